The molecular weight excluding hydrogens is 469 g/mol. The molecule has 2 fully saturated rings. The molecule has 2 atom stereocenters. The largest absolute Gasteiger partial charge is 0.416 e. The van der Waals surface area contributed by atoms with E-state index in [-0.39, 0.29) is 60.3 Å². The zero-order valence-electron chi connectivity index (χ0n) is 18.3. The number of nitrogens with zero attached hydrogens (tertiary/aromatic N) is 3. The molecule has 1 saturated heterocycles. The van der Waals surface area contributed by atoms with Crippen LogP contribution < -0.4 is 0 Å². The fourth-order valence-electron chi connectivity index (χ4n) is 4.98. The maximum Gasteiger partial charge on any atom is 0.416 e. The second-order valence-electron chi connectivity index (χ2n) is 8.80. The number of carbonyl (C=O) groups is 1. The van der Waals surface area contributed by atoms with Crippen LogP contribution in [0.4, 0.5) is 13.2 Å². The molecule has 2 aromatic carbocycles. The molecule has 0 spiro atoms. The third-order valence-corrected chi connectivity index (χ3v) is 8.70. The van der Waals surface area contributed by atoms with Crippen LogP contribution in [0.2, 0.25) is 0 Å². The van der Waals surface area contributed by atoms with Crippen LogP contribution in [0.5, 0.6) is 0 Å². The highest BCUT2D eigenvalue weighted by atomic mass is 32.2. The maximum atomic E-state index is 13.4. The van der Waals surface area contributed by atoms with Gasteiger partial charge < -0.3 is 4.90 Å². The highest BCUT2D eigenvalue weighted by Gasteiger charge is 2.62. The molecule has 1 aromatic heterocycles. The maximum absolute atomic E-state index is 13.4. The number of piperidine rings is 1. The fourth-order valence-corrected chi connectivity index (χ4v) is 6.53. The smallest absolute Gasteiger partial charge is 0.338 e. The number of halogens is 3. The second-order valence-corrected chi connectivity index (χ2v) is 10.7. The molecule has 1 aliphatic carbocycles. The molecule has 2 heterocycles. The molecule has 2 unspecified atom stereocenters. The molecule has 180 valence electrons. The van der Waals surface area contributed by atoms with Gasteiger partial charge in [0, 0.05) is 37.5 Å². The highest BCUT2D eigenvalue weighted by Crippen LogP contribution is 2.53. The Bertz CT molecular complexity index is 1340. The third-order valence-electron chi connectivity index (χ3n) is 6.87. The predicted molar refractivity (Wildman–Crippen MR) is 118 cm³/mol. The number of H-pyrrole nitrogens is 1. The number of aromatic amines is 1. The normalized spacial score (nSPS) is 22.6. The lowest BCUT2D eigenvalue weighted by molar-refractivity contribution is -0.140. The number of alkyl halides is 3. The van der Waals surface area contributed by atoms with Gasteiger partial charge in [-0.05, 0) is 48.6 Å². The van der Waals surface area contributed by atoms with Crippen LogP contribution in [-0.2, 0) is 27.5 Å². The van der Waals surface area contributed by atoms with Crippen molar-refractivity contribution in [3.05, 3.63) is 59.8 Å². The van der Waals surface area contributed by atoms with Crippen LogP contribution in [0.25, 0.3) is 10.9 Å². The van der Waals surface area contributed by atoms with Gasteiger partial charge >= 0.3 is 6.18 Å². The molecule has 1 amide bonds. The van der Waals surface area contributed by atoms with Crippen molar-refractivity contribution >= 4 is 26.8 Å². The minimum atomic E-state index is -4.50. The van der Waals surface area contributed by atoms with E-state index >= 15 is 0 Å². The van der Waals surface area contributed by atoms with E-state index in [1.54, 1.807) is 25.3 Å². The lowest BCUT2D eigenvalue weighted by atomic mass is 10.1. The first-order chi connectivity index (χ1) is 16.1. The molecule has 3 aromatic rings. The molecule has 34 heavy (non-hydrogen) atoms. The Morgan fingerprint density at radius 3 is 2.56 bits per heavy atom. The monoisotopic (exact) mass is 492 g/mol. The van der Waals surface area contributed by atoms with Gasteiger partial charge in [-0.3, -0.25) is 9.89 Å². The number of amides is 1. The summed E-state index contributed by atoms with van der Waals surface area (Å²) in [7, 11) is -3.71. The average molecular weight is 493 g/mol. The Labute approximate surface area is 194 Å². The topological polar surface area (TPSA) is 86.4 Å². The standard InChI is InChI=1S/C23H23F3N4O3S/c1-2-29(11-14-5-3-4-6-19(14)23(24,25)26)22(31)21-17-12-30(13-18(17)21)34(32,33)16-7-8-20-15(9-16)10-27-28-20/h3-10,17-18,21H,2,11-13H2,1H3,(H,27,28). The summed E-state index contributed by atoms with van der Waals surface area (Å²) in [5, 5.41) is 7.38. The number of hydrogen-bond donors (Lipinski definition) is 1. The number of carbonyl (C=O) groups excluding carboxylic acids is 1. The van der Waals surface area contributed by atoms with E-state index in [0.29, 0.717) is 5.39 Å². The second kappa shape index (κ2) is 8.09. The fraction of sp³-hybridized carbons (Fsp3) is 0.391. The number of aromatic nitrogens is 2. The number of benzene rings is 2. The summed E-state index contributed by atoms with van der Waals surface area (Å²) in [6.07, 6.45) is -2.94. The van der Waals surface area contributed by atoms with E-state index in [9.17, 15) is 26.4 Å². The number of hydrogen-bond acceptors (Lipinski definition) is 4. The van der Waals surface area contributed by atoms with Crippen molar-refractivity contribution in [3.63, 3.8) is 0 Å². The average Bonchev–Trinajstić information content (AvgIpc) is 3.14. The van der Waals surface area contributed by atoms with Crippen molar-refractivity contribution in [2.45, 2.75) is 24.5 Å². The predicted octanol–water partition coefficient (Wildman–Crippen LogP) is 3.50. The molecule has 2 aliphatic rings. The van der Waals surface area contributed by atoms with Gasteiger partial charge in [-0.15, -0.1) is 0 Å². The molecule has 5 rings (SSSR count). The van der Waals surface area contributed by atoms with Gasteiger partial charge in [0.15, 0.2) is 0 Å². The third kappa shape index (κ3) is 3.86. The Hall–Kier alpha value is -2.92. The van der Waals surface area contributed by atoms with Crippen molar-refractivity contribution < 1.29 is 26.4 Å². The molecule has 1 saturated carbocycles. The van der Waals surface area contributed by atoms with Crippen LogP contribution >= 0.6 is 0 Å². The molecule has 1 N–H and O–H groups in total. The van der Waals surface area contributed by atoms with Gasteiger partial charge in [0.1, 0.15) is 0 Å². The van der Waals surface area contributed by atoms with Gasteiger partial charge in [-0.2, -0.15) is 22.6 Å². The highest BCUT2D eigenvalue weighted by molar-refractivity contribution is 7.89. The lowest BCUT2D eigenvalue weighted by Crippen LogP contribution is -2.37. The summed E-state index contributed by atoms with van der Waals surface area (Å²) < 4.78 is 67.7. The first-order valence-corrected chi connectivity index (χ1v) is 12.4. The Balaban J connectivity index is 1.27. The lowest BCUT2D eigenvalue weighted by Gasteiger charge is -2.25. The SMILES string of the molecule is CCN(Cc1ccccc1C(F)(F)F)C(=O)C1C2CN(S(=O)(=O)c3ccc4[nH]ncc4c3)CC21. The van der Waals surface area contributed by atoms with Gasteiger partial charge in [0.25, 0.3) is 0 Å². The van der Waals surface area contributed by atoms with E-state index in [4.69, 9.17) is 0 Å². The molecule has 0 bridgehead atoms. The van der Waals surface area contributed by atoms with Gasteiger partial charge in [0.2, 0.25) is 15.9 Å². The number of fused-ring (bicyclic) bond motifs is 2. The minimum Gasteiger partial charge on any atom is -0.338 e. The zero-order valence-corrected chi connectivity index (χ0v) is 19.1. The van der Waals surface area contributed by atoms with E-state index in [1.165, 1.54) is 33.5 Å². The summed E-state index contributed by atoms with van der Waals surface area (Å²) in [5.41, 5.74) is 0.0413. The van der Waals surface area contributed by atoms with Crippen LogP contribution in [0.15, 0.2) is 53.6 Å². The first kappa shape index (κ1) is 22.9. The quantitative estimate of drug-likeness (QED) is 0.571. The summed E-state index contributed by atoms with van der Waals surface area (Å²) in [6.45, 7) is 2.32. The van der Waals surface area contributed by atoms with Crippen molar-refractivity contribution in [1.82, 2.24) is 19.4 Å². The minimum absolute atomic E-state index is 0.0508. The molecule has 7 nitrogen and oxygen atoms in total. The summed E-state index contributed by atoms with van der Waals surface area (Å²) in [4.78, 5) is 14.7. The number of nitrogens with one attached hydrogen (secondary N) is 1. The van der Waals surface area contributed by atoms with Crippen molar-refractivity contribution in [3.8, 4) is 0 Å². The first-order valence-electron chi connectivity index (χ1n) is 11.0. The molecule has 0 radical (unpaired) electrons. The van der Waals surface area contributed by atoms with E-state index in [1.807, 2.05) is 0 Å². The number of sulfonamides is 1. The zero-order chi connectivity index (χ0) is 24.3. The van der Waals surface area contributed by atoms with Crippen LogP contribution in [-0.4, -0.2) is 53.4 Å². The Morgan fingerprint density at radius 1 is 1.18 bits per heavy atom. The van der Waals surface area contributed by atoms with Crippen LogP contribution in [0, 0.1) is 17.8 Å². The summed E-state index contributed by atoms with van der Waals surface area (Å²) >= 11 is 0. The van der Waals surface area contributed by atoms with E-state index < -0.39 is 21.8 Å². The molecular formula is C23H23F3N4O3S. The van der Waals surface area contributed by atoms with E-state index in [2.05, 4.69) is 10.2 Å². The van der Waals surface area contributed by atoms with Crippen molar-refractivity contribution in [2.24, 2.45) is 17.8 Å². The summed E-state index contributed by atoms with van der Waals surface area (Å²) in [5.74, 6) is -0.814. The van der Waals surface area contributed by atoms with Crippen LogP contribution in [0.3, 0.4) is 0 Å². The Kier molecular flexibility index (Phi) is 5.44. The molecule has 1 aliphatic heterocycles. The van der Waals surface area contributed by atoms with E-state index in [0.717, 1.165) is 11.6 Å². The van der Waals surface area contributed by atoms with Crippen molar-refractivity contribution in [1.29, 1.82) is 0 Å². The number of rotatable bonds is 6. The summed E-state index contributed by atoms with van der Waals surface area (Å²) in [6, 6.07) is 10.0. The van der Waals surface area contributed by atoms with Gasteiger partial charge in [-0.25, -0.2) is 8.42 Å². The van der Waals surface area contributed by atoms with Gasteiger partial charge in [0.05, 0.1) is 22.2 Å². The van der Waals surface area contributed by atoms with Crippen molar-refractivity contribution in [2.75, 3.05) is 19.6 Å². The van der Waals surface area contributed by atoms with Crippen LogP contribution in [0.1, 0.15) is 18.1 Å². The van der Waals surface area contributed by atoms with Gasteiger partial charge in [-0.1, -0.05) is 18.2 Å². The molecule has 11 heteroatoms. The Morgan fingerprint density at radius 2 is 1.88 bits per heavy atom.